The van der Waals surface area contributed by atoms with Gasteiger partial charge in [0, 0.05) is 23.6 Å². The number of amides is 1. The molecule has 9 nitrogen and oxygen atoms in total. The lowest BCUT2D eigenvalue weighted by atomic mass is 10.2. The molecule has 0 bridgehead atoms. The molecule has 4 rings (SSSR count). The highest BCUT2D eigenvalue weighted by Crippen LogP contribution is 2.28. The van der Waals surface area contributed by atoms with Crippen LogP contribution in [0.2, 0.25) is 0 Å². The number of hydrazone groups is 1. The maximum absolute atomic E-state index is 12.4. The predicted molar refractivity (Wildman–Crippen MR) is 130 cm³/mol. The highest BCUT2D eigenvalue weighted by molar-refractivity contribution is 7.99. The third-order valence-electron chi connectivity index (χ3n) is 4.80. The summed E-state index contributed by atoms with van der Waals surface area (Å²) in [7, 11) is 1.46. The molecule has 2 heterocycles. The van der Waals surface area contributed by atoms with Crippen LogP contribution in [0.15, 0.2) is 77.2 Å². The highest BCUT2D eigenvalue weighted by Gasteiger charge is 2.17. The number of carbonyl (C=O) groups is 1. The fraction of sp³-hybridized carbons (Fsp3) is 0.125. The van der Waals surface area contributed by atoms with E-state index < -0.39 is 0 Å². The summed E-state index contributed by atoms with van der Waals surface area (Å²) in [4.78, 5) is 16.4. The first-order chi connectivity index (χ1) is 16.5. The third kappa shape index (κ3) is 5.41. The molecule has 2 aromatic carbocycles. The number of hydrogen-bond acceptors (Lipinski definition) is 8. The number of methoxy groups -OCH3 is 1. The number of rotatable bonds is 8. The maximum atomic E-state index is 12.4. The fourth-order valence-electron chi connectivity index (χ4n) is 3.09. The molecule has 0 fully saturated rings. The molecule has 0 aliphatic heterocycles. The van der Waals surface area contributed by atoms with Crippen molar-refractivity contribution in [2.75, 3.05) is 12.9 Å². The van der Waals surface area contributed by atoms with Crippen molar-refractivity contribution in [3.05, 3.63) is 78.1 Å². The third-order valence-corrected chi connectivity index (χ3v) is 5.73. The molecular formula is C24H22N6O3S. The number of carbonyl (C=O) groups excluding carboxylic acids is 1. The number of pyridine rings is 1. The van der Waals surface area contributed by atoms with Gasteiger partial charge in [0.2, 0.25) is 0 Å². The van der Waals surface area contributed by atoms with Crippen LogP contribution < -0.4 is 10.2 Å². The lowest BCUT2D eigenvalue weighted by molar-refractivity contribution is -0.118. The Bertz CT molecular complexity index is 1310. The first-order valence-corrected chi connectivity index (χ1v) is 11.3. The molecule has 0 aliphatic rings. The average Bonchev–Trinajstić information content (AvgIpc) is 3.29. The highest BCUT2D eigenvalue weighted by atomic mass is 32.2. The number of aryl methyl sites for hydroxylation is 1. The normalized spacial score (nSPS) is 11.0. The Morgan fingerprint density at radius 2 is 1.91 bits per heavy atom. The number of hydrogen-bond donors (Lipinski definition) is 2. The molecule has 0 unspecified atom stereocenters. The predicted octanol–water partition coefficient (Wildman–Crippen LogP) is 3.59. The zero-order valence-electron chi connectivity index (χ0n) is 18.5. The fourth-order valence-corrected chi connectivity index (χ4v) is 3.84. The number of benzene rings is 2. The van der Waals surface area contributed by atoms with Crippen LogP contribution in [0.25, 0.3) is 17.1 Å². The van der Waals surface area contributed by atoms with Gasteiger partial charge in [0.15, 0.2) is 22.5 Å². The number of nitrogens with one attached hydrogen (secondary N) is 1. The molecule has 10 heteroatoms. The second kappa shape index (κ2) is 10.6. The van der Waals surface area contributed by atoms with E-state index >= 15 is 0 Å². The molecule has 0 radical (unpaired) electrons. The monoisotopic (exact) mass is 474 g/mol. The standard InChI is InChI=1S/C24H22N6O3S/c1-16-3-6-19(7-4-16)30-23(18-9-11-25-12-10-18)28-29-24(30)34-15-22(32)27-26-14-17-5-8-20(31)21(13-17)33-2/h3-14,31H,15H2,1-2H3,(H,27,32)/b26-14+. The first-order valence-electron chi connectivity index (χ1n) is 10.3. The van der Waals surface area contributed by atoms with Gasteiger partial charge in [0.05, 0.1) is 19.1 Å². The van der Waals surface area contributed by atoms with Gasteiger partial charge in [-0.1, -0.05) is 29.5 Å². The lowest BCUT2D eigenvalue weighted by Crippen LogP contribution is -2.20. The molecule has 2 aromatic heterocycles. The smallest absolute Gasteiger partial charge is 0.250 e. The van der Waals surface area contributed by atoms with E-state index in [2.05, 4.69) is 25.7 Å². The van der Waals surface area contributed by atoms with Crippen molar-refractivity contribution < 1.29 is 14.6 Å². The SMILES string of the molecule is COc1cc(/C=N/NC(=O)CSc2nnc(-c3ccncc3)n2-c2ccc(C)cc2)ccc1O. The van der Waals surface area contributed by atoms with E-state index in [1.165, 1.54) is 31.2 Å². The molecule has 0 saturated carbocycles. The van der Waals surface area contributed by atoms with E-state index in [0.29, 0.717) is 22.3 Å². The molecule has 172 valence electrons. The van der Waals surface area contributed by atoms with Crippen LogP contribution in [0.5, 0.6) is 11.5 Å². The van der Waals surface area contributed by atoms with E-state index in [-0.39, 0.29) is 17.4 Å². The van der Waals surface area contributed by atoms with Crippen molar-refractivity contribution in [1.29, 1.82) is 0 Å². The Morgan fingerprint density at radius 1 is 1.15 bits per heavy atom. The molecule has 2 N–H and O–H groups in total. The molecule has 1 amide bonds. The van der Waals surface area contributed by atoms with E-state index in [9.17, 15) is 9.90 Å². The van der Waals surface area contributed by atoms with Crippen LogP contribution in [0, 0.1) is 6.92 Å². The summed E-state index contributed by atoms with van der Waals surface area (Å²) in [5.74, 6) is 0.816. The van der Waals surface area contributed by atoms with Crippen molar-refractivity contribution in [3.8, 4) is 28.6 Å². The van der Waals surface area contributed by atoms with Gasteiger partial charge >= 0.3 is 0 Å². The van der Waals surface area contributed by atoms with Crippen LogP contribution in [0.3, 0.4) is 0 Å². The van der Waals surface area contributed by atoms with Gasteiger partial charge in [-0.15, -0.1) is 10.2 Å². The van der Waals surface area contributed by atoms with Gasteiger partial charge in [-0.2, -0.15) is 5.10 Å². The number of thioether (sulfide) groups is 1. The minimum Gasteiger partial charge on any atom is -0.504 e. The van der Waals surface area contributed by atoms with Crippen molar-refractivity contribution in [1.82, 2.24) is 25.2 Å². The largest absolute Gasteiger partial charge is 0.504 e. The van der Waals surface area contributed by atoms with E-state index in [4.69, 9.17) is 4.74 Å². The van der Waals surface area contributed by atoms with Crippen molar-refractivity contribution in [2.24, 2.45) is 5.10 Å². The molecule has 0 saturated heterocycles. The topological polar surface area (TPSA) is 115 Å². The quantitative estimate of drug-likeness (QED) is 0.228. The van der Waals surface area contributed by atoms with Gasteiger partial charge in [-0.25, -0.2) is 5.43 Å². The summed E-state index contributed by atoms with van der Waals surface area (Å²) in [6.45, 7) is 2.02. The van der Waals surface area contributed by atoms with Crippen LogP contribution in [0.1, 0.15) is 11.1 Å². The van der Waals surface area contributed by atoms with E-state index in [0.717, 1.165) is 16.8 Å². The maximum Gasteiger partial charge on any atom is 0.250 e. The van der Waals surface area contributed by atoms with Gasteiger partial charge in [-0.3, -0.25) is 14.3 Å². The minimum absolute atomic E-state index is 0.0314. The van der Waals surface area contributed by atoms with Gasteiger partial charge in [0.25, 0.3) is 5.91 Å². The number of aromatic nitrogens is 4. The molecule has 34 heavy (non-hydrogen) atoms. The molecule has 0 aliphatic carbocycles. The van der Waals surface area contributed by atoms with Crippen molar-refractivity contribution in [2.45, 2.75) is 12.1 Å². The van der Waals surface area contributed by atoms with Gasteiger partial charge in [0.1, 0.15) is 0 Å². The Morgan fingerprint density at radius 3 is 2.65 bits per heavy atom. The Balaban J connectivity index is 1.48. The molecular weight excluding hydrogens is 452 g/mol. The summed E-state index contributed by atoms with van der Waals surface area (Å²) < 4.78 is 6.98. The van der Waals surface area contributed by atoms with Gasteiger partial charge in [-0.05, 0) is 55.0 Å². The van der Waals surface area contributed by atoms with Crippen LogP contribution in [0.4, 0.5) is 0 Å². The van der Waals surface area contributed by atoms with Crippen LogP contribution in [-0.4, -0.2) is 49.8 Å². The second-order valence-electron chi connectivity index (χ2n) is 7.23. The zero-order chi connectivity index (χ0) is 23.9. The molecule has 0 atom stereocenters. The van der Waals surface area contributed by atoms with Gasteiger partial charge < -0.3 is 9.84 Å². The Hall–Kier alpha value is -4.18. The minimum atomic E-state index is -0.295. The summed E-state index contributed by atoms with van der Waals surface area (Å²) in [5, 5.41) is 22.9. The number of aromatic hydroxyl groups is 1. The number of nitrogens with zero attached hydrogens (tertiary/aromatic N) is 5. The van der Waals surface area contributed by atoms with E-state index in [1.807, 2.05) is 47.9 Å². The Labute approximate surface area is 200 Å². The summed E-state index contributed by atoms with van der Waals surface area (Å²) >= 11 is 1.26. The average molecular weight is 475 g/mol. The molecule has 4 aromatic rings. The zero-order valence-corrected chi connectivity index (χ0v) is 19.4. The van der Waals surface area contributed by atoms with Crippen LogP contribution in [-0.2, 0) is 4.79 Å². The Kier molecular flexibility index (Phi) is 7.19. The summed E-state index contributed by atoms with van der Waals surface area (Å²) in [6, 6.07) is 16.5. The molecule has 0 spiro atoms. The van der Waals surface area contributed by atoms with Crippen molar-refractivity contribution in [3.63, 3.8) is 0 Å². The second-order valence-corrected chi connectivity index (χ2v) is 8.17. The van der Waals surface area contributed by atoms with Crippen molar-refractivity contribution >= 4 is 23.9 Å². The van der Waals surface area contributed by atoms with Crippen LogP contribution >= 0.6 is 11.8 Å². The summed E-state index contributed by atoms with van der Waals surface area (Å²) in [5.41, 5.74) is 6.07. The number of phenols is 1. The lowest BCUT2D eigenvalue weighted by Gasteiger charge is -2.10. The first kappa shape index (κ1) is 23.0. The number of phenolic OH excluding ortho intramolecular Hbond substituents is 1. The summed E-state index contributed by atoms with van der Waals surface area (Å²) in [6.07, 6.45) is 4.87. The van der Waals surface area contributed by atoms with E-state index in [1.54, 1.807) is 24.5 Å². The number of ether oxygens (including phenoxy) is 1.